The lowest BCUT2D eigenvalue weighted by atomic mass is 9.68. The Morgan fingerprint density at radius 1 is 0.338 bits per heavy atom. The van der Waals surface area contributed by atoms with Gasteiger partial charge in [-0.2, -0.15) is 0 Å². The van der Waals surface area contributed by atoms with Crippen LogP contribution in [-0.4, -0.2) is 0 Å². The van der Waals surface area contributed by atoms with E-state index in [0.717, 1.165) is 50.1 Å². The van der Waals surface area contributed by atoms with Crippen molar-refractivity contribution >= 4 is 60.5 Å². The first-order valence-electron chi connectivity index (χ1n) is 22.4. The molecule has 0 atom stereocenters. The van der Waals surface area contributed by atoms with Crippen LogP contribution in [0.1, 0.15) is 22.3 Å². The number of fused-ring (bicyclic) bond motifs is 9. The third-order valence-electron chi connectivity index (χ3n) is 13.7. The second-order valence-electron chi connectivity index (χ2n) is 17.2. The van der Waals surface area contributed by atoms with Gasteiger partial charge in [0, 0.05) is 27.7 Å². The minimum Gasteiger partial charge on any atom is -0.456 e. The van der Waals surface area contributed by atoms with Crippen LogP contribution in [0.25, 0.3) is 76.9 Å². The summed E-state index contributed by atoms with van der Waals surface area (Å²) >= 11 is 0. The molecule has 2 nitrogen and oxygen atoms in total. The summed E-state index contributed by atoms with van der Waals surface area (Å²) in [6.07, 6.45) is 0. The number of furan rings is 1. The first kappa shape index (κ1) is 37.1. The molecule has 65 heavy (non-hydrogen) atoms. The van der Waals surface area contributed by atoms with Crippen molar-refractivity contribution in [3.63, 3.8) is 0 Å². The molecule has 0 N–H and O–H groups in total. The molecule has 1 heterocycles. The maximum Gasteiger partial charge on any atom is 0.136 e. The average molecular weight is 828 g/mol. The molecular weight excluding hydrogens is 787 g/mol. The lowest BCUT2D eigenvalue weighted by molar-refractivity contribution is 0.669. The smallest absolute Gasteiger partial charge is 0.136 e. The molecule has 1 aliphatic rings. The molecule has 0 bridgehead atoms. The topological polar surface area (TPSA) is 16.4 Å². The molecule has 304 valence electrons. The van der Waals surface area contributed by atoms with Gasteiger partial charge in [-0.3, -0.25) is 0 Å². The van der Waals surface area contributed by atoms with Gasteiger partial charge in [0.2, 0.25) is 0 Å². The highest BCUT2D eigenvalue weighted by molar-refractivity contribution is 6.18. The molecule has 0 saturated carbocycles. The van der Waals surface area contributed by atoms with Gasteiger partial charge in [-0.15, -0.1) is 0 Å². The van der Waals surface area contributed by atoms with Gasteiger partial charge in [-0.25, -0.2) is 0 Å². The van der Waals surface area contributed by atoms with Crippen LogP contribution in [0.5, 0.6) is 0 Å². The molecule has 0 saturated heterocycles. The Bertz CT molecular complexity index is 3710. The van der Waals surface area contributed by atoms with Crippen molar-refractivity contribution in [1.29, 1.82) is 0 Å². The summed E-state index contributed by atoms with van der Waals surface area (Å²) in [4.78, 5) is 2.44. The fourth-order valence-corrected chi connectivity index (χ4v) is 10.9. The number of benzene rings is 11. The number of anilines is 3. The van der Waals surface area contributed by atoms with E-state index in [0.29, 0.717) is 0 Å². The Balaban J connectivity index is 1.06. The van der Waals surface area contributed by atoms with Gasteiger partial charge in [0.15, 0.2) is 0 Å². The molecule has 0 fully saturated rings. The van der Waals surface area contributed by atoms with Crippen LogP contribution in [0.3, 0.4) is 0 Å². The Hall–Kier alpha value is -8.46. The summed E-state index contributed by atoms with van der Waals surface area (Å²) in [6.45, 7) is 0. The van der Waals surface area contributed by atoms with E-state index < -0.39 is 5.41 Å². The van der Waals surface area contributed by atoms with Crippen molar-refractivity contribution in [3.05, 3.63) is 271 Å². The zero-order chi connectivity index (χ0) is 42.9. The zero-order valence-corrected chi connectivity index (χ0v) is 35.5. The van der Waals surface area contributed by atoms with Gasteiger partial charge in [-0.1, -0.05) is 200 Å². The van der Waals surface area contributed by atoms with E-state index in [4.69, 9.17) is 4.42 Å². The summed E-state index contributed by atoms with van der Waals surface area (Å²) in [7, 11) is 0. The van der Waals surface area contributed by atoms with E-state index in [1.54, 1.807) is 0 Å². The van der Waals surface area contributed by atoms with E-state index >= 15 is 0 Å². The predicted octanol–water partition coefficient (Wildman–Crippen LogP) is 17.1. The highest BCUT2D eigenvalue weighted by Gasteiger charge is 2.45. The molecule has 0 aliphatic heterocycles. The second-order valence-corrected chi connectivity index (χ2v) is 17.2. The lowest BCUT2D eigenvalue weighted by Gasteiger charge is -2.34. The maximum absolute atomic E-state index is 6.64. The van der Waals surface area contributed by atoms with E-state index in [2.05, 4.69) is 254 Å². The van der Waals surface area contributed by atoms with E-state index in [-0.39, 0.29) is 0 Å². The number of hydrogen-bond donors (Lipinski definition) is 0. The first-order chi connectivity index (χ1) is 32.2. The summed E-state index contributed by atoms with van der Waals surface area (Å²) in [6, 6.07) is 90.9. The summed E-state index contributed by atoms with van der Waals surface area (Å²) < 4.78 is 6.64. The SMILES string of the molecule is c1ccc(-c2ccc(N(c3ccc(C4(c5ccccc5)c5ccccc5-c5ccccc54)cc3)c3ccc4oc5ccccc5c4c3-c3ccc4c(ccc5ccccc54)c3)cc2)cc1. The molecule has 1 aliphatic carbocycles. The highest BCUT2D eigenvalue weighted by atomic mass is 16.3. The van der Waals surface area contributed by atoms with E-state index in [1.807, 2.05) is 0 Å². The molecule has 12 aromatic rings. The van der Waals surface area contributed by atoms with Crippen molar-refractivity contribution in [2.24, 2.45) is 0 Å². The van der Waals surface area contributed by atoms with Crippen LogP contribution in [0.15, 0.2) is 253 Å². The van der Waals surface area contributed by atoms with Crippen molar-refractivity contribution in [3.8, 4) is 33.4 Å². The van der Waals surface area contributed by atoms with Gasteiger partial charge < -0.3 is 9.32 Å². The van der Waals surface area contributed by atoms with Gasteiger partial charge in [0.05, 0.1) is 11.1 Å². The molecule has 0 spiro atoms. The number of nitrogens with zero attached hydrogens (tertiary/aromatic N) is 1. The molecule has 0 radical (unpaired) electrons. The Kier molecular flexibility index (Phi) is 8.47. The molecule has 1 aromatic heterocycles. The third kappa shape index (κ3) is 5.74. The molecule has 11 aromatic carbocycles. The van der Waals surface area contributed by atoms with Crippen molar-refractivity contribution in [2.75, 3.05) is 4.90 Å². The molecule has 0 amide bonds. The minimum atomic E-state index is -0.496. The zero-order valence-electron chi connectivity index (χ0n) is 35.5. The van der Waals surface area contributed by atoms with Crippen LogP contribution in [0, 0.1) is 0 Å². The Labute approximate surface area is 377 Å². The van der Waals surface area contributed by atoms with E-state index in [9.17, 15) is 0 Å². The van der Waals surface area contributed by atoms with Crippen molar-refractivity contribution < 1.29 is 4.42 Å². The summed E-state index contributed by atoms with van der Waals surface area (Å²) in [5.41, 5.74) is 16.7. The quantitative estimate of drug-likeness (QED) is 0.149. The summed E-state index contributed by atoms with van der Waals surface area (Å²) in [5.74, 6) is 0. The predicted molar refractivity (Wildman–Crippen MR) is 272 cm³/mol. The fraction of sp³-hybridized carbons (Fsp3) is 0.0159. The molecular formula is C63H41NO. The third-order valence-corrected chi connectivity index (χ3v) is 13.7. The van der Waals surface area contributed by atoms with E-state index in [1.165, 1.54) is 66.1 Å². The van der Waals surface area contributed by atoms with Crippen LogP contribution in [0.4, 0.5) is 17.1 Å². The van der Waals surface area contributed by atoms with Crippen molar-refractivity contribution in [1.82, 2.24) is 0 Å². The van der Waals surface area contributed by atoms with Gasteiger partial charge in [-0.05, 0) is 120 Å². The largest absolute Gasteiger partial charge is 0.456 e. The number of rotatable bonds is 7. The molecule has 0 unspecified atom stereocenters. The highest BCUT2D eigenvalue weighted by Crippen LogP contribution is 2.56. The van der Waals surface area contributed by atoms with Gasteiger partial charge in [0.1, 0.15) is 11.2 Å². The normalized spacial score (nSPS) is 12.7. The van der Waals surface area contributed by atoms with Gasteiger partial charge in [0.25, 0.3) is 0 Å². The average Bonchev–Trinajstić information content (AvgIpc) is 3.91. The van der Waals surface area contributed by atoms with Crippen LogP contribution in [0.2, 0.25) is 0 Å². The van der Waals surface area contributed by atoms with Crippen LogP contribution < -0.4 is 4.90 Å². The van der Waals surface area contributed by atoms with Crippen molar-refractivity contribution in [2.45, 2.75) is 5.41 Å². The number of para-hydroxylation sites is 1. The Morgan fingerprint density at radius 3 is 1.62 bits per heavy atom. The lowest BCUT2D eigenvalue weighted by Crippen LogP contribution is -2.28. The summed E-state index contributed by atoms with van der Waals surface area (Å²) in [5, 5.41) is 7.12. The van der Waals surface area contributed by atoms with Crippen LogP contribution >= 0.6 is 0 Å². The second kappa shape index (κ2) is 14.8. The maximum atomic E-state index is 6.64. The first-order valence-corrected chi connectivity index (χ1v) is 22.4. The minimum absolute atomic E-state index is 0.496. The standard InChI is InChI=1S/C63H41NO/c1-3-15-42(16-4-1)43-29-34-49(35-30-43)64(50-36-32-48(33-37-50)63(47-18-5-2-6-19-47)56-24-12-9-21-53(56)54-22-10-13-25-57(54)63)58-39-40-60-62(55-23-11-14-26-59(55)65-60)61(58)46-31-38-52-45(41-46)28-27-44-17-7-8-20-51(44)52/h1-41H. The molecule has 13 rings (SSSR count). The van der Waals surface area contributed by atoms with Crippen LogP contribution in [-0.2, 0) is 5.41 Å². The van der Waals surface area contributed by atoms with Gasteiger partial charge >= 0.3 is 0 Å². The fourth-order valence-electron chi connectivity index (χ4n) is 10.9. The molecule has 2 heteroatoms. The number of hydrogen-bond acceptors (Lipinski definition) is 2. The Morgan fingerprint density at radius 2 is 0.877 bits per heavy atom. The monoisotopic (exact) mass is 827 g/mol.